The summed E-state index contributed by atoms with van der Waals surface area (Å²) < 4.78 is 1.24. The molecule has 0 aliphatic heterocycles. The highest BCUT2D eigenvalue weighted by Gasteiger charge is 2.17. The van der Waals surface area contributed by atoms with Crippen molar-refractivity contribution in [2.75, 3.05) is 6.26 Å². The van der Waals surface area contributed by atoms with E-state index in [2.05, 4.69) is 10.4 Å². The number of carbonyl (C=O) groups is 1. The normalized spacial score (nSPS) is 14.7. The molecule has 0 bridgehead atoms. The van der Waals surface area contributed by atoms with Crippen LogP contribution < -0.4 is 10.9 Å². The summed E-state index contributed by atoms with van der Waals surface area (Å²) in [6.07, 6.45) is 6.39. The predicted octanol–water partition coefficient (Wildman–Crippen LogP) is 2.69. The molecule has 1 aromatic carbocycles. The first-order valence-electron chi connectivity index (χ1n) is 8.17. The summed E-state index contributed by atoms with van der Waals surface area (Å²) in [4.78, 5) is 25.3. The van der Waals surface area contributed by atoms with Gasteiger partial charge < -0.3 is 5.32 Å². The van der Waals surface area contributed by atoms with Crippen LogP contribution in [0.1, 0.15) is 25.7 Å². The van der Waals surface area contributed by atoms with Crippen molar-refractivity contribution >= 4 is 17.7 Å². The van der Waals surface area contributed by atoms with Gasteiger partial charge in [-0.1, -0.05) is 25.0 Å². The summed E-state index contributed by atoms with van der Waals surface area (Å²) in [7, 11) is 0. The van der Waals surface area contributed by atoms with Crippen LogP contribution in [0.25, 0.3) is 11.3 Å². The lowest BCUT2D eigenvalue weighted by Gasteiger charge is -2.12. The van der Waals surface area contributed by atoms with E-state index in [1.54, 1.807) is 17.8 Å². The first-order valence-corrected chi connectivity index (χ1v) is 9.40. The van der Waals surface area contributed by atoms with Gasteiger partial charge in [0.25, 0.3) is 5.56 Å². The topological polar surface area (TPSA) is 64.0 Å². The van der Waals surface area contributed by atoms with E-state index in [1.165, 1.54) is 15.6 Å². The second kappa shape index (κ2) is 7.66. The van der Waals surface area contributed by atoms with E-state index < -0.39 is 0 Å². The fraction of sp³-hybridized carbons (Fsp3) is 0.389. The Bertz CT molecular complexity index is 765. The van der Waals surface area contributed by atoms with E-state index in [9.17, 15) is 9.59 Å². The Labute approximate surface area is 145 Å². The molecule has 1 heterocycles. The average molecular weight is 343 g/mol. The van der Waals surface area contributed by atoms with Gasteiger partial charge in [0.1, 0.15) is 6.54 Å². The molecule has 1 saturated carbocycles. The Morgan fingerprint density at radius 2 is 1.92 bits per heavy atom. The number of hydrogen-bond acceptors (Lipinski definition) is 4. The second-order valence-corrected chi connectivity index (χ2v) is 6.87. The molecule has 1 aromatic heterocycles. The third kappa shape index (κ3) is 4.06. The van der Waals surface area contributed by atoms with Crippen molar-refractivity contribution < 1.29 is 4.79 Å². The number of carbonyl (C=O) groups excluding carboxylic acids is 1. The van der Waals surface area contributed by atoms with Crippen LogP contribution in [-0.2, 0) is 11.3 Å². The summed E-state index contributed by atoms with van der Waals surface area (Å²) in [5.41, 5.74) is 1.36. The number of nitrogens with one attached hydrogen (secondary N) is 1. The molecule has 1 fully saturated rings. The molecule has 1 amide bonds. The molecule has 3 rings (SSSR count). The fourth-order valence-corrected chi connectivity index (χ4v) is 3.37. The Balaban J connectivity index is 1.75. The molecule has 0 saturated heterocycles. The quantitative estimate of drug-likeness (QED) is 0.848. The van der Waals surface area contributed by atoms with Crippen molar-refractivity contribution in [3.8, 4) is 11.3 Å². The number of amides is 1. The van der Waals surface area contributed by atoms with Crippen molar-refractivity contribution in [2.45, 2.75) is 43.2 Å². The first-order chi connectivity index (χ1) is 11.7. The lowest BCUT2D eigenvalue weighted by atomic mass is 10.1. The highest BCUT2D eigenvalue weighted by Crippen LogP contribution is 2.21. The summed E-state index contributed by atoms with van der Waals surface area (Å²) in [6, 6.07) is 11.4. The summed E-state index contributed by atoms with van der Waals surface area (Å²) in [6.45, 7) is -0.0356. The van der Waals surface area contributed by atoms with E-state index >= 15 is 0 Å². The number of thioether (sulfide) groups is 1. The Hall–Kier alpha value is -2.08. The first kappa shape index (κ1) is 16.8. The number of benzene rings is 1. The zero-order valence-corrected chi connectivity index (χ0v) is 14.5. The van der Waals surface area contributed by atoms with Gasteiger partial charge in [-0.05, 0) is 37.3 Å². The zero-order chi connectivity index (χ0) is 16.9. The largest absolute Gasteiger partial charge is 0.352 e. The second-order valence-electron chi connectivity index (χ2n) is 5.99. The Morgan fingerprint density at radius 1 is 1.21 bits per heavy atom. The molecular weight excluding hydrogens is 322 g/mol. The number of hydrogen-bond donors (Lipinski definition) is 1. The Kier molecular flexibility index (Phi) is 5.35. The maximum Gasteiger partial charge on any atom is 0.267 e. The summed E-state index contributed by atoms with van der Waals surface area (Å²) in [5, 5.41) is 7.34. The number of rotatable bonds is 5. The average Bonchev–Trinajstić information content (AvgIpc) is 3.10. The SMILES string of the molecule is CSc1ccc(-c2ccc(=O)n(CC(=O)NC3CCCC3)n2)cc1. The minimum absolute atomic E-state index is 0.0356. The van der Waals surface area contributed by atoms with Gasteiger partial charge in [0.05, 0.1) is 5.69 Å². The lowest BCUT2D eigenvalue weighted by Crippen LogP contribution is -2.38. The summed E-state index contributed by atoms with van der Waals surface area (Å²) in [5.74, 6) is -0.147. The van der Waals surface area contributed by atoms with Crippen LogP contribution >= 0.6 is 11.8 Å². The van der Waals surface area contributed by atoms with Crippen molar-refractivity contribution in [3.05, 3.63) is 46.8 Å². The molecule has 2 aromatic rings. The van der Waals surface area contributed by atoms with Crippen LogP contribution in [0.4, 0.5) is 0 Å². The monoisotopic (exact) mass is 343 g/mol. The van der Waals surface area contributed by atoms with Crippen LogP contribution in [0.15, 0.2) is 46.1 Å². The van der Waals surface area contributed by atoms with E-state index in [-0.39, 0.29) is 24.1 Å². The molecule has 1 N–H and O–H groups in total. The van der Waals surface area contributed by atoms with Gasteiger partial charge in [-0.3, -0.25) is 9.59 Å². The third-order valence-corrected chi connectivity index (χ3v) is 5.01. The van der Waals surface area contributed by atoms with Crippen molar-refractivity contribution in [1.82, 2.24) is 15.1 Å². The maximum absolute atomic E-state index is 12.1. The molecule has 24 heavy (non-hydrogen) atoms. The van der Waals surface area contributed by atoms with Crippen molar-refractivity contribution in [2.24, 2.45) is 0 Å². The van der Waals surface area contributed by atoms with E-state index in [1.807, 2.05) is 30.5 Å². The standard InChI is InChI=1S/C18H21N3O2S/c1-24-15-8-6-13(7-9-15)16-10-11-18(23)21(20-16)12-17(22)19-14-4-2-3-5-14/h6-11,14H,2-5,12H2,1H3,(H,19,22). The smallest absolute Gasteiger partial charge is 0.267 e. The minimum atomic E-state index is -0.263. The van der Waals surface area contributed by atoms with Crippen LogP contribution in [0.5, 0.6) is 0 Å². The van der Waals surface area contributed by atoms with Crippen LogP contribution in [0, 0.1) is 0 Å². The van der Waals surface area contributed by atoms with Crippen molar-refractivity contribution in [3.63, 3.8) is 0 Å². The number of aromatic nitrogens is 2. The number of nitrogens with zero attached hydrogens (tertiary/aromatic N) is 2. The molecule has 5 nitrogen and oxygen atoms in total. The van der Waals surface area contributed by atoms with Crippen LogP contribution in [-0.4, -0.2) is 28.0 Å². The van der Waals surface area contributed by atoms with Crippen molar-refractivity contribution in [1.29, 1.82) is 0 Å². The minimum Gasteiger partial charge on any atom is -0.352 e. The molecule has 0 spiro atoms. The fourth-order valence-electron chi connectivity index (χ4n) is 2.96. The molecule has 1 aliphatic carbocycles. The van der Waals surface area contributed by atoms with Gasteiger partial charge in [0, 0.05) is 22.6 Å². The van der Waals surface area contributed by atoms with Gasteiger partial charge >= 0.3 is 0 Å². The lowest BCUT2D eigenvalue weighted by molar-refractivity contribution is -0.122. The third-order valence-electron chi connectivity index (χ3n) is 4.27. The highest BCUT2D eigenvalue weighted by molar-refractivity contribution is 7.98. The van der Waals surface area contributed by atoms with Gasteiger partial charge in [0.15, 0.2) is 0 Å². The molecule has 0 atom stereocenters. The van der Waals surface area contributed by atoms with E-state index in [0.717, 1.165) is 31.2 Å². The van der Waals surface area contributed by atoms with Gasteiger partial charge in [-0.2, -0.15) is 5.10 Å². The zero-order valence-electron chi connectivity index (χ0n) is 13.7. The van der Waals surface area contributed by atoms with Crippen LogP contribution in [0.3, 0.4) is 0 Å². The van der Waals surface area contributed by atoms with Gasteiger partial charge in [0.2, 0.25) is 5.91 Å². The highest BCUT2D eigenvalue weighted by atomic mass is 32.2. The molecule has 0 radical (unpaired) electrons. The molecule has 6 heteroatoms. The molecule has 0 unspecified atom stereocenters. The molecular formula is C18H21N3O2S. The van der Waals surface area contributed by atoms with E-state index in [0.29, 0.717) is 5.69 Å². The van der Waals surface area contributed by atoms with Gasteiger partial charge in [-0.25, -0.2) is 4.68 Å². The van der Waals surface area contributed by atoms with Crippen LogP contribution in [0.2, 0.25) is 0 Å². The maximum atomic E-state index is 12.1. The predicted molar refractivity (Wildman–Crippen MR) is 96.1 cm³/mol. The molecule has 1 aliphatic rings. The summed E-state index contributed by atoms with van der Waals surface area (Å²) >= 11 is 1.67. The van der Waals surface area contributed by atoms with Gasteiger partial charge in [-0.15, -0.1) is 11.8 Å². The Morgan fingerprint density at radius 3 is 2.58 bits per heavy atom. The van der Waals surface area contributed by atoms with E-state index in [4.69, 9.17) is 0 Å². The molecule has 126 valence electrons.